The predicted molar refractivity (Wildman–Crippen MR) is 480 cm³/mol. The predicted octanol–water partition coefficient (Wildman–Crippen LogP) is 30.4. The van der Waals surface area contributed by atoms with Crippen LogP contribution in [0.15, 0.2) is 461 Å². The second-order valence-electron chi connectivity index (χ2n) is 29.4. The molecule has 113 heavy (non-hydrogen) atoms. The quantitative estimate of drug-likeness (QED) is 0.100. The van der Waals surface area contributed by atoms with Crippen molar-refractivity contribution in [1.82, 2.24) is 0 Å². The van der Waals surface area contributed by atoms with E-state index < -0.39 is 5.41 Å². The smallest absolute Gasteiger partial charge is 0.0714 e. The first-order chi connectivity index (χ1) is 56.0. The molecule has 0 aromatic heterocycles. The Kier molecular flexibility index (Phi) is 17.6. The van der Waals surface area contributed by atoms with E-state index in [4.69, 9.17) is 0 Å². The lowest BCUT2D eigenvalue weighted by Gasteiger charge is -2.35. The van der Waals surface area contributed by atoms with E-state index in [1.807, 2.05) is 0 Å². The first kappa shape index (κ1) is 67.6. The molecule has 20 aromatic carbocycles. The molecular formula is C111H76N2. The number of para-hydroxylation sites is 1. The van der Waals surface area contributed by atoms with Gasteiger partial charge < -0.3 is 9.80 Å². The van der Waals surface area contributed by atoms with Crippen LogP contribution in [0.3, 0.4) is 0 Å². The zero-order chi connectivity index (χ0) is 75.0. The zero-order valence-electron chi connectivity index (χ0n) is 62.3. The molecule has 1 aliphatic rings. The molecule has 0 heterocycles. The minimum absolute atomic E-state index is 0.485. The highest BCUT2D eigenvalue weighted by atomic mass is 15.1. The van der Waals surface area contributed by atoms with Crippen LogP contribution in [-0.4, -0.2) is 0 Å². The van der Waals surface area contributed by atoms with Gasteiger partial charge in [0, 0.05) is 34.1 Å². The first-order valence-corrected chi connectivity index (χ1v) is 39.0. The van der Waals surface area contributed by atoms with Gasteiger partial charge in [0.05, 0.1) is 5.41 Å². The normalized spacial score (nSPS) is 12.0. The summed E-state index contributed by atoms with van der Waals surface area (Å²) in [5.74, 6) is 0. The maximum Gasteiger partial charge on any atom is 0.0714 e. The summed E-state index contributed by atoms with van der Waals surface area (Å²) in [7, 11) is 0. The van der Waals surface area contributed by atoms with E-state index in [1.165, 1.54) is 154 Å². The average Bonchev–Trinajstić information content (AvgIpc) is 1.54. The topological polar surface area (TPSA) is 6.48 Å². The lowest BCUT2D eigenvalue weighted by atomic mass is 9.67. The minimum Gasteiger partial charge on any atom is -0.311 e. The maximum absolute atomic E-state index is 2.45. The fraction of sp³-hybridized carbons (Fsp3) is 0.00901. The van der Waals surface area contributed by atoms with Crippen LogP contribution in [0.5, 0.6) is 0 Å². The van der Waals surface area contributed by atoms with Gasteiger partial charge in [-0.2, -0.15) is 0 Å². The molecule has 20 aromatic rings. The molecular weight excluding hydrogens is 1360 g/mol. The molecule has 0 N–H and O–H groups in total. The van der Waals surface area contributed by atoms with Crippen LogP contribution in [0.2, 0.25) is 0 Å². The molecule has 2 nitrogen and oxygen atoms in total. The number of nitrogens with zero attached hydrogens (tertiary/aromatic N) is 2. The van der Waals surface area contributed by atoms with E-state index in [0.29, 0.717) is 0 Å². The number of hydrogen-bond acceptors (Lipinski definition) is 2. The van der Waals surface area contributed by atoms with Gasteiger partial charge >= 0.3 is 0 Å². The van der Waals surface area contributed by atoms with Gasteiger partial charge in [-0.1, -0.05) is 376 Å². The molecule has 1 aliphatic carbocycles. The van der Waals surface area contributed by atoms with Gasteiger partial charge in [-0.05, 0) is 239 Å². The van der Waals surface area contributed by atoms with Crippen molar-refractivity contribution >= 4 is 88.0 Å². The van der Waals surface area contributed by atoms with Crippen LogP contribution >= 0.6 is 0 Å². The number of benzene rings is 20. The third-order valence-corrected chi connectivity index (χ3v) is 23.0. The summed E-state index contributed by atoms with van der Waals surface area (Å²) in [4.78, 5) is 4.77. The van der Waals surface area contributed by atoms with Crippen molar-refractivity contribution in [2.45, 2.75) is 5.41 Å². The largest absolute Gasteiger partial charge is 0.311 e. The summed E-state index contributed by atoms with van der Waals surface area (Å²) in [6.45, 7) is 0. The van der Waals surface area contributed by atoms with Gasteiger partial charge in [0.1, 0.15) is 0 Å². The summed E-state index contributed by atoms with van der Waals surface area (Å²) in [5.41, 5.74) is 28.4. The number of hydrogen-bond donors (Lipinski definition) is 0. The number of rotatable bonds is 14. The molecule has 0 saturated heterocycles. The Morgan fingerprint density at radius 3 is 1.04 bits per heavy atom. The summed E-state index contributed by atoms with van der Waals surface area (Å²) in [6.07, 6.45) is 0. The van der Waals surface area contributed by atoms with Crippen molar-refractivity contribution in [3.8, 4) is 77.9 Å². The Morgan fingerprint density at radius 2 is 0.460 bits per heavy atom. The standard InChI is InChI=1S/C57H39N.C54H37N/c1-5-18-40(19-6-1)47-29-16-31-49-50-32-17-30-48(52(50)37-36-51(47)49)41-20-15-27-45(38-41)58(44-25-11-4-12-26-44)46-34-35-54-53-28-13-14-33-55(53)57(56(54)39-46,42-21-7-2-8-22-42)43-23-9-3-10-24-43;1-3-10-38(11-4-1)40-24-30-48(31-25-40)55(50-34-28-43(29-35-50)52-17-9-15-42-14-7-8-16-51(42)52)49-32-26-41(27-33-49)47-23-21-45-19-18-44-20-22-46(36-53(44)54(45)37-47)39-12-5-2-6-13-39/h1-39H;1-37H. The summed E-state index contributed by atoms with van der Waals surface area (Å²) < 4.78 is 0. The maximum atomic E-state index is 2.45. The van der Waals surface area contributed by atoms with Crippen LogP contribution in [-0.2, 0) is 5.41 Å². The van der Waals surface area contributed by atoms with Crippen molar-refractivity contribution < 1.29 is 0 Å². The molecule has 530 valence electrons. The van der Waals surface area contributed by atoms with E-state index in [9.17, 15) is 0 Å². The molecule has 21 rings (SSSR count). The fourth-order valence-corrected chi connectivity index (χ4v) is 17.6. The minimum atomic E-state index is -0.485. The monoisotopic (exact) mass is 1440 g/mol. The molecule has 0 unspecified atom stereocenters. The lowest BCUT2D eigenvalue weighted by molar-refractivity contribution is 0.768. The van der Waals surface area contributed by atoms with Crippen LogP contribution in [0, 0.1) is 0 Å². The number of fused-ring (bicyclic) bond motifs is 10. The van der Waals surface area contributed by atoms with Gasteiger partial charge in [0.15, 0.2) is 0 Å². The molecule has 2 heteroatoms. The van der Waals surface area contributed by atoms with Crippen LogP contribution < -0.4 is 9.80 Å². The van der Waals surface area contributed by atoms with Gasteiger partial charge in [-0.25, -0.2) is 0 Å². The van der Waals surface area contributed by atoms with Crippen LogP contribution in [0.1, 0.15) is 22.3 Å². The van der Waals surface area contributed by atoms with Crippen molar-refractivity contribution in [2.75, 3.05) is 9.80 Å². The lowest BCUT2D eigenvalue weighted by Crippen LogP contribution is -2.28. The van der Waals surface area contributed by atoms with Gasteiger partial charge in [0.25, 0.3) is 0 Å². The number of anilines is 6. The Balaban J connectivity index is 0.000000147. The third-order valence-electron chi connectivity index (χ3n) is 23.0. The summed E-state index contributed by atoms with van der Waals surface area (Å²) in [6, 6.07) is 168. The third kappa shape index (κ3) is 12.5. The first-order valence-electron chi connectivity index (χ1n) is 39.0. The zero-order valence-corrected chi connectivity index (χ0v) is 62.3. The van der Waals surface area contributed by atoms with E-state index in [-0.39, 0.29) is 0 Å². The summed E-state index contributed by atoms with van der Waals surface area (Å²) in [5, 5.41) is 12.6. The summed E-state index contributed by atoms with van der Waals surface area (Å²) >= 11 is 0. The fourth-order valence-electron chi connectivity index (χ4n) is 17.6. The van der Waals surface area contributed by atoms with Gasteiger partial charge in [-0.3, -0.25) is 0 Å². The highest BCUT2D eigenvalue weighted by Gasteiger charge is 2.46. The van der Waals surface area contributed by atoms with Crippen LogP contribution in [0.4, 0.5) is 34.1 Å². The molecule has 0 radical (unpaired) electrons. The van der Waals surface area contributed by atoms with Crippen molar-refractivity contribution in [3.63, 3.8) is 0 Å². The molecule has 0 saturated carbocycles. The average molecular weight is 1440 g/mol. The van der Waals surface area contributed by atoms with E-state index in [0.717, 1.165) is 34.1 Å². The Morgan fingerprint density at radius 1 is 0.142 bits per heavy atom. The van der Waals surface area contributed by atoms with E-state index in [1.54, 1.807) is 0 Å². The highest BCUT2D eigenvalue weighted by molar-refractivity contribution is 6.16. The van der Waals surface area contributed by atoms with Gasteiger partial charge in [-0.15, -0.1) is 0 Å². The molecule has 0 aliphatic heterocycles. The second kappa shape index (κ2) is 29.4. The Hall–Kier alpha value is -14.7. The molecule has 0 bridgehead atoms. The molecule has 0 amide bonds. The molecule has 0 fully saturated rings. The highest BCUT2D eigenvalue weighted by Crippen LogP contribution is 2.58. The van der Waals surface area contributed by atoms with Gasteiger partial charge in [0.2, 0.25) is 0 Å². The molecule has 0 spiro atoms. The SMILES string of the molecule is c1ccc(-c2ccc(N(c3ccc(-c4ccc5ccc6ccc(-c7ccccc7)cc6c5c4)cc3)c3ccc(-c4cccc5ccccc45)cc3)cc2)cc1.c1ccc(-c2cccc3c2ccc2c(-c4cccc(N(c5ccccc5)c5ccc6c(c5)C(c5ccccc5)(c5ccccc5)c5ccccc5-6)c4)cccc23)cc1. The second-order valence-corrected chi connectivity index (χ2v) is 29.4. The van der Waals surface area contributed by atoms with Crippen LogP contribution in [0.25, 0.3) is 132 Å². The van der Waals surface area contributed by atoms with E-state index >= 15 is 0 Å². The Bertz CT molecular complexity index is 6820. The Labute approximate surface area is 660 Å². The van der Waals surface area contributed by atoms with Crippen molar-refractivity contribution in [2.24, 2.45) is 0 Å². The molecule has 0 atom stereocenters. The van der Waals surface area contributed by atoms with Crippen molar-refractivity contribution in [1.29, 1.82) is 0 Å². The van der Waals surface area contributed by atoms with E-state index in [2.05, 4.69) is 471 Å². The van der Waals surface area contributed by atoms with Crippen molar-refractivity contribution in [3.05, 3.63) is 483 Å².